The molecule has 3 aromatic heterocycles. The highest BCUT2D eigenvalue weighted by Gasteiger charge is 2.10. The SMILES string of the molecule is FC(F)Oc1ccccc1CCc1ncc(Cc2c[nH]c3ncc(Cl)cc23)cn1. The highest BCUT2D eigenvalue weighted by atomic mass is 35.5. The zero-order valence-corrected chi connectivity index (χ0v) is 16.0. The minimum Gasteiger partial charge on any atom is -0.435 e. The van der Waals surface area contributed by atoms with Crippen molar-refractivity contribution in [3.63, 3.8) is 0 Å². The zero-order valence-electron chi connectivity index (χ0n) is 15.3. The van der Waals surface area contributed by atoms with Crippen molar-refractivity contribution in [1.82, 2.24) is 19.9 Å². The van der Waals surface area contributed by atoms with Crippen molar-refractivity contribution in [1.29, 1.82) is 0 Å². The van der Waals surface area contributed by atoms with Crippen LogP contribution in [0.3, 0.4) is 0 Å². The molecule has 0 aliphatic carbocycles. The number of pyridine rings is 1. The summed E-state index contributed by atoms with van der Waals surface area (Å²) >= 11 is 6.04. The number of benzene rings is 1. The summed E-state index contributed by atoms with van der Waals surface area (Å²) in [5.74, 6) is 0.829. The molecule has 1 aromatic carbocycles. The van der Waals surface area contributed by atoms with Crippen molar-refractivity contribution in [3.8, 4) is 5.75 Å². The first-order valence-electron chi connectivity index (χ1n) is 9.02. The molecule has 0 saturated carbocycles. The van der Waals surface area contributed by atoms with Crippen LogP contribution in [0, 0.1) is 0 Å². The van der Waals surface area contributed by atoms with Crippen molar-refractivity contribution < 1.29 is 13.5 Å². The Morgan fingerprint density at radius 1 is 1.00 bits per heavy atom. The van der Waals surface area contributed by atoms with Crippen LogP contribution in [0.1, 0.15) is 22.5 Å². The summed E-state index contributed by atoms with van der Waals surface area (Å²) in [6, 6.07) is 8.64. The van der Waals surface area contributed by atoms with Crippen LogP contribution in [0.15, 0.2) is 55.1 Å². The van der Waals surface area contributed by atoms with E-state index in [2.05, 4.69) is 24.7 Å². The number of nitrogens with zero attached hydrogens (tertiary/aromatic N) is 3. The summed E-state index contributed by atoms with van der Waals surface area (Å²) in [4.78, 5) is 16.2. The van der Waals surface area contributed by atoms with Crippen LogP contribution < -0.4 is 4.74 Å². The summed E-state index contributed by atoms with van der Waals surface area (Å²) in [7, 11) is 0. The topological polar surface area (TPSA) is 63.7 Å². The van der Waals surface area contributed by atoms with Gasteiger partial charge in [0.05, 0.1) is 5.02 Å². The average molecular weight is 415 g/mol. The number of aromatic amines is 1. The van der Waals surface area contributed by atoms with Gasteiger partial charge in [-0.15, -0.1) is 0 Å². The highest BCUT2D eigenvalue weighted by molar-refractivity contribution is 6.31. The quantitative estimate of drug-likeness (QED) is 0.463. The number of aromatic nitrogens is 4. The van der Waals surface area contributed by atoms with Gasteiger partial charge >= 0.3 is 6.61 Å². The number of fused-ring (bicyclic) bond motifs is 1. The summed E-state index contributed by atoms with van der Waals surface area (Å²) in [5, 5.41) is 1.55. The molecule has 8 heteroatoms. The van der Waals surface area contributed by atoms with Crippen LogP contribution in [0.2, 0.25) is 5.02 Å². The third kappa shape index (κ3) is 4.68. The maximum absolute atomic E-state index is 12.5. The number of nitrogens with one attached hydrogen (secondary N) is 1. The van der Waals surface area contributed by atoms with Crippen LogP contribution in [0.25, 0.3) is 11.0 Å². The van der Waals surface area contributed by atoms with Gasteiger partial charge in [-0.2, -0.15) is 8.78 Å². The van der Waals surface area contributed by atoms with Gasteiger partial charge in [0.1, 0.15) is 17.2 Å². The maximum atomic E-state index is 12.5. The number of para-hydroxylation sites is 1. The molecule has 3 heterocycles. The number of hydrogen-bond acceptors (Lipinski definition) is 4. The van der Waals surface area contributed by atoms with Crippen molar-refractivity contribution in [2.45, 2.75) is 25.9 Å². The predicted molar refractivity (Wildman–Crippen MR) is 106 cm³/mol. The molecule has 0 spiro atoms. The molecule has 4 rings (SSSR count). The summed E-state index contributed by atoms with van der Waals surface area (Å²) in [6.07, 6.45) is 8.74. The molecular formula is C21H17ClF2N4O. The number of halogens is 3. The van der Waals surface area contributed by atoms with Gasteiger partial charge in [-0.05, 0) is 35.2 Å². The van der Waals surface area contributed by atoms with Gasteiger partial charge < -0.3 is 9.72 Å². The number of aryl methyl sites for hydroxylation is 2. The summed E-state index contributed by atoms with van der Waals surface area (Å²) in [5.41, 5.74) is 3.50. The van der Waals surface area contributed by atoms with E-state index in [0.717, 1.165) is 22.2 Å². The lowest BCUT2D eigenvalue weighted by Gasteiger charge is -2.10. The monoisotopic (exact) mass is 414 g/mol. The molecule has 0 radical (unpaired) electrons. The number of alkyl halides is 2. The number of hydrogen-bond donors (Lipinski definition) is 1. The fourth-order valence-electron chi connectivity index (χ4n) is 3.17. The molecule has 1 N–H and O–H groups in total. The van der Waals surface area contributed by atoms with E-state index >= 15 is 0 Å². The molecule has 0 atom stereocenters. The molecular weight excluding hydrogens is 398 g/mol. The van der Waals surface area contributed by atoms with E-state index in [9.17, 15) is 8.78 Å². The second-order valence-electron chi connectivity index (χ2n) is 6.53. The van der Waals surface area contributed by atoms with Crippen molar-refractivity contribution in [2.24, 2.45) is 0 Å². The van der Waals surface area contributed by atoms with Crippen LogP contribution in [0.4, 0.5) is 8.78 Å². The van der Waals surface area contributed by atoms with Gasteiger partial charge in [0.2, 0.25) is 0 Å². The van der Waals surface area contributed by atoms with Crippen molar-refractivity contribution >= 4 is 22.6 Å². The molecule has 29 heavy (non-hydrogen) atoms. The summed E-state index contributed by atoms with van der Waals surface area (Å²) < 4.78 is 29.6. The predicted octanol–water partition coefficient (Wildman–Crippen LogP) is 4.98. The molecule has 0 amide bonds. The molecule has 0 aliphatic heterocycles. The maximum Gasteiger partial charge on any atom is 0.387 e. The standard InChI is InChI=1S/C21H17ClF2N4O/c22-16-8-17-15(11-27-20(17)28-12-16)7-13-9-25-19(26-10-13)6-5-14-3-1-2-4-18(14)29-21(23)24/h1-4,8-12,21H,5-7H2,(H,27,28). The van der Waals surface area contributed by atoms with Crippen molar-refractivity contribution in [3.05, 3.63) is 82.7 Å². The Hall–Kier alpha value is -3.06. The van der Waals surface area contributed by atoms with Gasteiger partial charge in [0, 0.05) is 43.0 Å². The van der Waals surface area contributed by atoms with Crippen LogP contribution >= 0.6 is 11.6 Å². The number of rotatable bonds is 7. The molecule has 0 saturated heterocycles. The Morgan fingerprint density at radius 2 is 1.79 bits per heavy atom. The molecule has 4 aromatic rings. The fraction of sp³-hybridized carbons (Fsp3) is 0.190. The minimum absolute atomic E-state index is 0.186. The highest BCUT2D eigenvalue weighted by Crippen LogP contribution is 2.23. The van der Waals surface area contributed by atoms with Gasteiger partial charge in [-0.3, -0.25) is 0 Å². The zero-order chi connectivity index (χ0) is 20.2. The molecule has 0 unspecified atom stereocenters. The Kier molecular flexibility index (Phi) is 5.67. The first-order valence-corrected chi connectivity index (χ1v) is 9.40. The molecule has 0 fully saturated rings. The van der Waals surface area contributed by atoms with E-state index in [1.54, 1.807) is 36.8 Å². The second-order valence-corrected chi connectivity index (χ2v) is 6.97. The van der Waals surface area contributed by atoms with Crippen LogP contribution in [-0.2, 0) is 19.3 Å². The van der Waals surface area contributed by atoms with E-state index < -0.39 is 6.61 Å². The Bertz CT molecular complexity index is 1120. The Morgan fingerprint density at radius 3 is 2.59 bits per heavy atom. The number of H-pyrrole nitrogens is 1. The molecule has 0 bridgehead atoms. The molecule has 0 aliphatic rings. The minimum atomic E-state index is -2.85. The lowest BCUT2D eigenvalue weighted by atomic mass is 10.1. The van der Waals surface area contributed by atoms with E-state index in [4.69, 9.17) is 11.6 Å². The van der Waals surface area contributed by atoms with E-state index in [1.165, 1.54) is 6.07 Å². The lowest BCUT2D eigenvalue weighted by molar-refractivity contribution is -0.0504. The van der Waals surface area contributed by atoms with Gasteiger partial charge in [-0.25, -0.2) is 15.0 Å². The van der Waals surface area contributed by atoms with Gasteiger partial charge in [0.25, 0.3) is 0 Å². The van der Waals surface area contributed by atoms with Gasteiger partial charge in [-0.1, -0.05) is 29.8 Å². The second kappa shape index (κ2) is 8.53. The third-order valence-electron chi connectivity index (χ3n) is 4.54. The number of ether oxygens (including phenoxy) is 1. The van der Waals surface area contributed by atoms with Gasteiger partial charge in [0.15, 0.2) is 0 Å². The normalized spacial score (nSPS) is 11.3. The van der Waals surface area contributed by atoms with E-state index in [1.807, 2.05) is 12.3 Å². The van der Waals surface area contributed by atoms with Crippen LogP contribution in [-0.4, -0.2) is 26.5 Å². The van der Waals surface area contributed by atoms with E-state index in [0.29, 0.717) is 35.7 Å². The fourth-order valence-corrected chi connectivity index (χ4v) is 3.33. The largest absolute Gasteiger partial charge is 0.435 e. The lowest BCUT2D eigenvalue weighted by Crippen LogP contribution is -2.06. The van der Waals surface area contributed by atoms with E-state index in [-0.39, 0.29) is 5.75 Å². The molecule has 5 nitrogen and oxygen atoms in total. The first kappa shape index (κ1) is 19.3. The Labute approximate surface area is 170 Å². The first-order chi connectivity index (χ1) is 14.1. The third-order valence-corrected chi connectivity index (χ3v) is 4.75. The Balaban J connectivity index is 1.43. The molecule has 148 valence electrons. The smallest absolute Gasteiger partial charge is 0.387 e. The van der Waals surface area contributed by atoms with Crippen LogP contribution in [0.5, 0.6) is 5.75 Å². The average Bonchev–Trinajstić information content (AvgIpc) is 3.10. The van der Waals surface area contributed by atoms with Crippen molar-refractivity contribution in [2.75, 3.05) is 0 Å². The summed E-state index contributed by atoms with van der Waals surface area (Å²) in [6.45, 7) is -2.85.